The number of piperidine rings is 2. The van der Waals surface area contributed by atoms with Gasteiger partial charge in [-0.25, -0.2) is 0 Å². The topological polar surface area (TPSA) is 15.3 Å². The molecule has 15 heavy (non-hydrogen) atoms. The molecule has 0 aromatic rings. The second kappa shape index (κ2) is 5.53. The number of nitrogens with one attached hydrogen (secondary N) is 1. The molecular weight excluding hydrogens is 184 g/mol. The Morgan fingerprint density at radius 1 is 1.20 bits per heavy atom. The number of terminal acetylenes is 1. The molecule has 1 N–H and O–H groups in total. The minimum absolute atomic E-state index is 0.673. The molecule has 0 aliphatic carbocycles. The van der Waals surface area contributed by atoms with Crippen LogP contribution in [0.3, 0.4) is 0 Å². The predicted molar refractivity (Wildman–Crippen MR) is 63.7 cm³/mol. The highest BCUT2D eigenvalue weighted by Gasteiger charge is 2.28. The van der Waals surface area contributed by atoms with Gasteiger partial charge in [-0.2, -0.15) is 0 Å². The van der Waals surface area contributed by atoms with Crippen molar-refractivity contribution in [3.05, 3.63) is 0 Å². The Kier molecular flexibility index (Phi) is 4.05. The van der Waals surface area contributed by atoms with Gasteiger partial charge in [0.1, 0.15) is 0 Å². The molecule has 0 aromatic heterocycles. The fraction of sp³-hybridized carbons (Fsp3) is 0.846. The Morgan fingerprint density at radius 3 is 2.73 bits per heavy atom. The smallest absolute Gasteiger partial charge is 0.0243 e. The lowest BCUT2D eigenvalue weighted by atomic mass is 9.94. The van der Waals surface area contributed by atoms with Crippen molar-refractivity contribution < 1.29 is 0 Å². The average Bonchev–Trinajstić information content (AvgIpc) is 2.31. The second-order valence-electron chi connectivity index (χ2n) is 4.78. The van der Waals surface area contributed by atoms with E-state index in [-0.39, 0.29) is 0 Å². The van der Waals surface area contributed by atoms with Crippen molar-refractivity contribution in [2.75, 3.05) is 19.6 Å². The zero-order valence-electron chi connectivity index (χ0n) is 9.54. The molecule has 2 aliphatic heterocycles. The summed E-state index contributed by atoms with van der Waals surface area (Å²) in [6.07, 6.45) is 13.1. The van der Waals surface area contributed by atoms with E-state index in [1.807, 2.05) is 0 Å². The largest absolute Gasteiger partial charge is 0.317 e. The van der Waals surface area contributed by atoms with Crippen molar-refractivity contribution in [1.82, 2.24) is 10.2 Å². The molecule has 0 spiro atoms. The number of rotatable bonds is 2. The van der Waals surface area contributed by atoms with E-state index in [1.165, 1.54) is 51.7 Å². The lowest BCUT2D eigenvalue weighted by Crippen LogP contribution is -2.50. The van der Waals surface area contributed by atoms with Crippen molar-refractivity contribution in [3.8, 4) is 12.3 Å². The normalized spacial score (nSPS) is 29.9. The molecular formula is C13H22N2. The van der Waals surface area contributed by atoms with Crippen molar-refractivity contribution in [3.63, 3.8) is 0 Å². The highest BCUT2D eigenvalue weighted by atomic mass is 15.2. The van der Waals surface area contributed by atoms with Crippen LogP contribution in [0.4, 0.5) is 0 Å². The maximum Gasteiger partial charge on any atom is 0.0243 e. The summed E-state index contributed by atoms with van der Waals surface area (Å²) in [6, 6.07) is 1.47. The zero-order valence-corrected chi connectivity index (χ0v) is 9.54. The first-order chi connectivity index (χ1) is 7.42. The van der Waals surface area contributed by atoms with E-state index in [1.54, 1.807) is 0 Å². The Morgan fingerprint density at radius 2 is 2.00 bits per heavy atom. The monoisotopic (exact) mass is 206 g/mol. The minimum Gasteiger partial charge on any atom is -0.317 e. The van der Waals surface area contributed by atoms with E-state index in [0.717, 1.165) is 12.5 Å². The lowest BCUT2D eigenvalue weighted by Gasteiger charge is -2.42. The van der Waals surface area contributed by atoms with E-state index < -0.39 is 0 Å². The van der Waals surface area contributed by atoms with Crippen LogP contribution in [0.25, 0.3) is 0 Å². The molecule has 2 rings (SSSR count). The quantitative estimate of drug-likeness (QED) is 0.691. The highest BCUT2D eigenvalue weighted by Crippen LogP contribution is 2.25. The average molecular weight is 206 g/mol. The maximum absolute atomic E-state index is 5.46. The van der Waals surface area contributed by atoms with Crippen molar-refractivity contribution in [1.29, 1.82) is 0 Å². The second-order valence-corrected chi connectivity index (χ2v) is 4.78. The molecule has 2 nitrogen and oxygen atoms in total. The van der Waals surface area contributed by atoms with E-state index in [2.05, 4.69) is 16.1 Å². The third-order valence-corrected chi connectivity index (χ3v) is 3.80. The first kappa shape index (κ1) is 11.0. The summed E-state index contributed by atoms with van der Waals surface area (Å²) in [5.41, 5.74) is 0. The third-order valence-electron chi connectivity index (χ3n) is 3.80. The molecule has 1 atom stereocenters. The van der Waals surface area contributed by atoms with E-state index >= 15 is 0 Å². The van der Waals surface area contributed by atoms with Crippen molar-refractivity contribution in [2.45, 2.75) is 50.6 Å². The Hall–Kier alpha value is -0.520. The fourth-order valence-corrected chi connectivity index (χ4v) is 3.00. The summed E-state index contributed by atoms with van der Waals surface area (Å²) in [6.45, 7) is 3.64. The van der Waals surface area contributed by atoms with Gasteiger partial charge in [-0.3, -0.25) is 4.90 Å². The highest BCUT2D eigenvalue weighted by molar-refractivity contribution is 4.94. The van der Waals surface area contributed by atoms with Crippen LogP contribution in [0.5, 0.6) is 0 Å². The molecule has 0 amide bonds. The van der Waals surface area contributed by atoms with Gasteiger partial charge >= 0.3 is 0 Å². The van der Waals surface area contributed by atoms with Crippen molar-refractivity contribution >= 4 is 0 Å². The molecule has 2 aliphatic rings. The standard InChI is InChI=1S/C13H22N2/c1-2-5-12-6-3-4-11-15(12)13-7-9-14-10-8-13/h1,12-14H,3-11H2. The van der Waals surface area contributed by atoms with Gasteiger partial charge in [0.15, 0.2) is 0 Å². The Balaban J connectivity index is 1.93. The molecule has 2 saturated heterocycles. The molecule has 2 heterocycles. The minimum atomic E-state index is 0.673. The van der Waals surface area contributed by atoms with E-state index in [0.29, 0.717) is 6.04 Å². The number of hydrogen-bond acceptors (Lipinski definition) is 2. The molecule has 0 saturated carbocycles. The summed E-state index contributed by atoms with van der Waals surface area (Å²) in [7, 11) is 0. The van der Waals surface area contributed by atoms with Crippen LogP contribution >= 0.6 is 0 Å². The molecule has 0 bridgehead atoms. The molecule has 0 aromatic carbocycles. The first-order valence-corrected chi connectivity index (χ1v) is 6.31. The summed E-state index contributed by atoms with van der Waals surface area (Å²) < 4.78 is 0. The Bertz CT molecular complexity index is 225. The third kappa shape index (κ3) is 2.74. The summed E-state index contributed by atoms with van der Waals surface area (Å²) in [4.78, 5) is 2.70. The van der Waals surface area contributed by atoms with Gasteiger partial charge in [-0.15, -0.1) is 12.3 Å². The first-order valence-electron chi connectivity index (χ1n) is 6.31. The maximum atomic E-state index is 5.46. The summed E-state index contributed by atoms with van der Waals surface area (Å²) in [5.74, 6) is 2.85. The van der Waals surface area contributed by atoms with Gasteiger partial charge in [0.05, 0.1) is 0 Å². The Labute approximate surface area is 93.4 Å². The zero-order chi connectivity index (χ0) is 10.5. The predicted octanol–water partition coefficient (Wildman–Crippen LogP) is 1.62. The molecule has 0 radical (unpaired) electrons. The summed E-state index contributed by atoms with van der Waals surface area (Å²) in [5, 5.41) is 3.43. The lowest BCUT2D eigenvalue weighted by molar-refractivity contribution is 0.0788. The van der Waals surface area contributed by atoms with E-state index in [4.69, 9.17) is 6.42 Å². The van der Waals surface area contributed by atoms with Gasteiger partial charge in [-0.05, 0) is 45.3 Å². The van der Waals surface area contributed by atoms with Gasteiger partial charge in [-0.1, -0.05) is 6.42 Å². The van der Waals surface area contributed by atoms with Gasteiger partial charge < -0.3 is 5.32 Å². The molecule has 1 unspecified atom stereocenters. The van der Waals surface area contributed by atoms with E-state index in [9.17, 15) is 0 Å². The van der Waals surface area contributed by atoms with Crippen LogP contribution in [-0.4, -0.2) is 36.6 Å². The van der Waals surface area contributed by atoms with Crippen LogP contribution < -0.4 is 5.32 Å². The van der Waals surface area contributed by atoms with Crippen LogP contribution in [0.15, 0.2) is 0 Å². The van der Waals surface area contributed by atoms with Crippen LogP contribution in [0, 0.1) is 12.3 Å². The van der Waals surface area contributed by atoms with Gasteiger partial charge in [0, 0.05) is 18.5 Å². The molecule has 2 heteroatoms. The van der Waals surface area contributed by atoms with Crippen LogP contribution in [0.1, 0.15) is 38.5 Å². The molecule has 84 valence electrons. The summed E-state index contributed by atoms with van der Waals surface area (Å²) >= 11 is 0. The number of likely N-dealkylation sites (tertiary alicyclic amines) is 1. The fourth-order valence-electron chi connectivity index (χ4n) is 3.00. The van der Waals surface area contributed by atoms with Crippen molar-refractivity contribution in [2.24, 2.45) is 0 Å². The number of hydrogen-bond donors (Lipinski definition) is 1. The van der Waals surface area contributed by atoms with Gasteiger partial charge in [0.25, 0.3) is 0 Å². The molecule has 2 fully saturated rings. The van der Waals surface area contributed by atoms with Crippen LogP contribution in [-0.2, 0) is 0 Å². The van der Waals surface area contributed by atoms with Gasteiger partial charge in [0.2, 0.25) is 0 Å². The van der Waals surface area contributed by atoms with Crippen LogP contribution in [0.2, 0.25) is 0 Å². The SMILES string of the molecule is C#CCC1CCCCN1C1CCNCC1. The number of nitrogens with zero attached hydrogens (tertiary/aromatic N) is 1.